The molecule has 0 unspecified atom stereocenters. The Labute approximate surface area is 71.7 Å². The molecule has 0 aromatic heterocycles. The van der Waals surface area contributed by atoms with E-state index in [9.17, 15) is 4.79 Å². The molecule has 0 aliphatic carbocycles. The lowest BCUT2D eigenvalue weighted by Crippen LogP contribution is -2.62. The summed E-state index contributed by atoms with van der Waals surface area (Å²) < 4.78 is 5.45. The Kier molecular flexibility index (Phi) is 2.02. The molecule has 0 radical (unpaired) electrons. The van der Waals surface area contributed by atoms with E-state index in [2.05, 4.69) is 17.6 Å². The van der Waals surface area contributed by atoms with Crippen LogP contribution < -0.4 is 10.6 Å². The van der Waals surface area contributed by atoms with Crippen LogP contribution in [0, 0.1) is 5.92 Å². The van der Waals surface area contributed by atoms with Gasteiger partial charge in [-0.05, 0) is 5.92 Å². The van der Waals surface area contributed by atoms with Gasteiger partial charge in [0.25, 0.3) is 0 Å². The fourth-order valence-electron chi connectivity index (χ4n) is 1.93. The molecule has 4 nitrogen and oxygen atoms in total. The molecule has 4 heteroatoms. The second kappa shape index (κ2) is 3.03. The van der Waals surface area contributed by atoms with Gasteiger partial charge < -0.3 is 15.4 Å². The number of hydrogen-bond acceptors (Lipinski definition) is 3. The SMILES string of the molecule is C[C@@H]1CNC[C@H]2NC(=O)CO[C@@H]12. The van der Waals surface area contributed by atoms with Crippen molar-refractivity contribution in [2.45, 2.75) is 19.1 Å². The first-order chi connectivity index (χ1) is 5.77. The van der Waals surface area contributed by atoms with Crippen LogP contribution in [0.2, 0.25) is 0 Å². The standard InChI is InChI=1S/C8H14N2O2/c1-5-2-9-3-6-8(5)12-4-7(11)10-6/h5-6,8-9H,2-4H2,1H3,(H,10,11)/t5-,6-,8+/m1/s1. The van der Waals surface area contributed by atoms with Gasteiger partial charge in [-0.25, -0.2) is 0 Å². The Morgan fingerprint density at radius 3 is 3.17 bits per heavy atom. The topological polar surface area (TPSA) is 50.4 Å². The summed E-state index contributed by atoms with van der Waals surface area (Å²) in [6, 6.07) is 0.176. The molecule has 2 heterocycles. The highest BCUT2D eigenvalue weighted by Crippen LogP contribution is 2.17. The summed E-state index contributed by atoms with van der Waals surface area (Å²) in [6.45, 7) is 4.19. The van der Waals surface area contributed by atoms with E-state index in [1.165, 1.54) is 0 Å². The van der Waals surface area contributed by atoms with Crippen LogP contribution in [-0.4, -0.2) is 37.7 Å². The van der Waals surface area contributed by atoms with Gasteiger partial charge in [0.2, 0.25) is 5.91 Å². The largest absolute Gasteiger partial charge is 0.366 e. The van der Waals surface area contributed by atoms with Crippen LogP contribution in [0.3, 0.4) is 0 Å². The zero-order chi connectivity index (χ0) is 8.55. The highest BCUT2D eigenvalue weighted by molar-refractivity contribution is 5.78. The van der Waals surface area contributed by atoms with Crippen molar-refractivity contribution in [2.75, 3.05) is 19.7 Å². The summed E-state index contributed by atoms with van der Waals surface area (Å²) in [6.07, 6.45) is 0.212. The van der Waals surface area contributed by atoms with Crippen molar-refractivity contribution >= 4 is 5.91 Å². The van der Waals surface area contributed by atoms with E-state index in [-0.39, 0.29) is 24.7 Å². The van der Waals surface area contributed by atoms with Crippen LogP contribution in [0.4, 0.5) is 0 Å². The summed E-state index contributed by atoms with van der Waals surface area (Å²) >= 11 is 0. The average Bonchev–Trinajstić information content (AvgIpc) is 2.04. The smallest absolute Gasteiger partial charge is 0.246 e. The highest BCUT2D eigenvalue weighted by atomic mass is 16.5. The van der Waals surface area contributed by atoms with Crippen LogP contribution in [-0.2, 0) is 9.53 Å². The number of rotatable bonds is 0. The zero-order valence-corrected chi connectivity index (χ0v) is 7.17. The first-order valence-electron chi connectivity index (χ1n) is 4.39. The van der Waals surface area contributed by atoms with Crippen molar-refractivity contribution in [1.29, 1.82) is 0 Å². The molecule has 2 N–H and O–H groups in total. The molecule has 0 aromatic rings. The summed E-state index contributed by atoms with van der Waals surface area (Å²) in [5.41, 5.74) is 0. The Bertz CT molecular complexity index is 195. The first kappa shape index (κ1) is 8.01. The van der Waals surface area contributed by atoms with Gasteiger partial charge in [-0.3, -0.25) is 4.79 Å². The number of morpholine rings is 1. The van der Waals surface area contributed by atoms with Crippen LogP contribution in [0.25, 0.3) is 0 Å². The molecule has 12 heavy (non-hydrogen) atoms. The van der Waals surface area contributed by atoms with Crippen LogP contribution >= 0.6 is 0 Å². The molecule has 0 bridgehead atoms. The molecule has 68 valence electrons. The molecule has 2 aliphatic rings. The number of ether oxygens (including phenoxy) is 1. The fraction of sp³-hybridized carbons (Fsp3) is 0.875. The van der Waals surface area contributed by atoms with E-state index in [1.54, 1.807) is 0 Å². The molecule has 2 rings (SSSR count). The van der Waals surface area contributed by atoms with Gasteiger partial charge >= 0.3 is 0 Å². The molecule has 1 amide bonds. The summed E-state index contributed by atoms with van der Waals surface area (Å²) in [5.74, 6) is 0.497. The normalized spacial score (nSPS) is 41.8. The maximum absolute atomic E-state index is 11.0. The minimum absolute atomic E-state index is 0.00662. The maximum atomic E-state index is 11.0. The van der Waals surface area contributed by atoms with Crippen molar-refractivity contribution in [1.82, 2.24) is 10.6 Å². The third kappa shape index (κ3) is 1.32. The van der Waals surface area contributed by atoms with Crippen molar-refractivity contribution in [2.24, 2.45) is 5.92 Å². The fourth-order valence-corrected chi connectivity index (χ4v) is 1.93. The van der Waals surface area contributed by atoms with Crippen LogP contribution in [0.1, 0.15) is 6.92 Å². The number of fused-ring (bicyclic) bond motifs is 1. The minimum atomic E-state index is 0.00662. The van der Waals surface area contributed by atoms with E-state index < -0.39 is 0 Å². The van der Waals surface area contributed by atoms with E-state index in [4.69, 9.17) is 4.74 Å². The molecule has 3 atom stereocenters. The lowest BCUT2D eigenvalue weighted by molar-refractivity contribution is -0.141. The molecule has 2 saturated heterocycles. The van der Waals surface area contributed by atoms with Crippen molar-refractivity contribution in [3.8, 4) is 0 Å². The number of hydrogen-bond donors (Lipinski definition) is 2. The van der Waals surface area contributed by atoms with Gasteiger partial charge in [0, 0.05) is 13.1 Å². The van der Waals surface area contributed by atoms with E-state index in [0.29, 0.717) is 5.92 Å². The zero-order valence-electron chi connectivity index (χ0n) is 7.17. The molecule has 0 aromatic carbocycles. The number of piperidine rings is 1. The van der Waals surface area contributed by atoms with Gasteiger partial charge in [-0.15, -0.1) is 0 Å². The molecule has 0 saturated carbocycles. The van der Waals surface area contributed by atoms with Crippen molar-refractivity contribution < 1.29 is 9.53 Å². The van der Waals surface area contributed by atoms with Gasteiger partial charge in [0.05, 0.1) is 12.1 Å². The second-order valence-electron chi connectivity index (χ2n) is 3.59. The number of carbonyl (C=O) groups is 1. The summed E-state index contributed by atoms with van der Waals surface area (Å²) in [4.78, 5) is 11.0. The molecule has 2 fully saturated rings. The average molecular weight is 170 g/mol. The van der Waals surface area contributed by atoms with Gasteiger partial charge in [-0.2, -0.15) is 0 Å². The number of amides is 1. The lowest BCUT2D eigenvalue weighted by Gasteiger charge is -2.40. The van der Waals surface area contributed by atoms with Crippen molar-refractivity contribution in [3.05, 3.63) is 0 Å². The maximum Gasteiger partial charge on any atom is 0.246 e. The van der Waals surface area contributed by atoms with Crippen molar-refractivity contribution in [3.63, 3.8) is 0 Å². The predicted molar refractivity (Wildman–Crippen MR) is 43.7 cm³/mol. The molecule has 2 aliphatic heterocycles. The van der Waals surface area contributed by atoms with E-state index in [0.717, 1.165) is 13.1 Å². The Morgan fingerprint density at radius 2 is 2.33 bits per heavy atom. The summed E-state index contributed by atoms with van der Waals surface area (Å²) in [5, 5.41) is 6.18. The van der Waals surface area contributed by atoms with E-state index in [1.807, 2.05) is 0 Å². The quantitative estimate of drug-likeness (QED) is 0.496. The minimum Gasteiger partial charge on any atom is -0.366 e. The summed E-state index contributed by atoms with van der Waals surface area (Å²) in [7, 11) is 0. The monoisotopic (exact) mass is 170 g/mol. The highest BCUT2D eigenvalue weighted by Gasteiger charge is 2.35. The third-order valence-electron chi connectivity index (χ3n) is 2.54. The first-order valence-corrected chi connectivity index (χ1v) is 4.39. The predicted octanol–water partition coefficient (Wildman–Crippen LogP) is -0.891. The van der Waals surface area contributed by atoms with Crippen LogP contribution in [0.15, 0.2) is 0 Å². The molecular formula is C8H14N2O2. The number of carbonyl (C=O) groups excluding carboxylic acids is 1. The Hall–Kier alpha value is -0.610. The third-order valence-corrected chi connectivity index (χ3v) is 2.54. The molecule has 0 spiro atoms. The second-order valence-corrected chi connectivity index (χ2v) is 3.59. The van der Waals surface area contributed by atoms with Crippen LogP contribution in [0.5, 0.6) is 0 Å². The molecular weight excluding hydrogens is 156 g/mol. The van der Waals surface area contributed by atoms with Gasteiger partial charge in [0.1, 0.15) is 6.61 Å². The number of nitrogens with one attached hydrogen (secondary N) is 2. The lowest BCUT2D eigenvalue weighted by atomic mass is 9.93. The van der Waals surface area contributed by atoms with Gasteiger partial charge in [-0.1, -0.05) is 6.92 Å². The van der Waals surface area contributed by atoms with Gasteiger partial charge in [0.15, 0.2) is 0 Å². The Morgan fingerprint density at radius 1 is 1.50 bits per heavy atom. The van der Waals surface area contributed by atoms with E-state index >= 15 is 0 Å². The Balaban J connectivity index is 2.04.